The molecule has 0 unspecified atom stereocenters. The van der Waals surface area contributed by atoms with Crippen molar-refractivity contribution in [2.24, 2.45) is 11.8 Å². The number of fused-ring (bicyclic) bond motifs is 2. The van der Waals surface area contributed by atoms with Crippen LogP contribution < -0.4 is 0 Å². The number of aromatic nitrogens is 5. The molecule has 1 aliphatic rings. The molecule has 0 saturated heterocycles. The van der Waals surface area contributed by atoms with Gasteiger partial charge in [0.25, 0.3) is 0 Å². The third-order valence-corrected chi connectivity index (χ3v) is 7.19. The number of hydrogen-bond donors (Lipinski definition) is 2. The van der Waals surface area contributed by atoms with Crippen molar-refractivity contribution in [2.75, 3.05) is 0 Å². The van der Waals surface area contributed by atoms with E-state index in [9.17, 15) is 0 Å². The van der Waals surface area contributed by atoms with Crippen molar-refractivity contribution in [1.82, 2.24) is 25.4 Å². The summed E-state index contributed by atoms with van der Waals surface area (Å²) >= 11 is 0. The van der Waals surface area contributed by atoms with Crippen LogP contribution in [-0.2, 0) is 11.3 Å². The molecule has 6 rings (SSSR count). The minimum Gasteiger partial charge on any atom is -0.418 e. The molecule has 34 heavy (non-hydrogen) atoms. The Kier molecular flexibility index (Phi) is 5.41. The van der Waals surface area contributed by atoms with Gasteiger partial charge in [0.15, 0.2) is 0 Å². The molecule has 1 saturated carbocycles. The van der Waals surface area contributed by atoms with Crippen LogP contribution in [0.5, 0.6) is 0 Å². The maximum absolute atomic E-state index is 6.28. The Labute approximate surface area is 197 Å². The SMILES string of the molecule is CC(C)[C@@H]1CCCC[C@H]1OCc1nnc(-c2cc(-c3cccc4[nH]ccc34)cc3[nH]ncc23)o1. The Balaban J connectivity index is 1.31. The highest BCUT2D eigenvalue weighted by Gasteiger charge is 2.28. The van der Waals surface area contributed by atoms with Gasteiger partial charge in [-0.15, -0.1) is 10.2 Å². The van der Waals surface area contributed by atoms with Crippen molar-refractivity contribution >= 4 is 21.8 Å². The molecule has 0 radical (unpaired) electrons. The number of nitrogens with zero attached hydrogens (tertiary/aromatic N) is 3. The third-order valence-electron chi connectivity index (χ3n) is 7.19. The van der Waals surface area contributed by atoms with E-state index in [1.807, 2.05) is 6.20 Å². The molecule has 3 heterocycles. The van der Waals surface area contributed by atoms with Crippen LogP contribution in [-0.4, -0.2) is 31.5 Å². The van der Waals surface area contributed by atoms with Gasteiger partial charge in [-0.05, 0) is 60.1 Å². The topological polar surface area (TPSA) is 92.6 Å². The molecule has 5 aromatic rings. The Morgan fingerprint density at radius 1 is 1.03 bits per heavy atom. The highest BCUT2D eigenvalue weighted by molar-refractivity contribution is 6.01. The fourth-order valence-electron chi connectivity index (χ4n) is 5.41. The van der Waals surface area contributed by atoms with Crippen LogP contribution in [0.25, 0.3) is 44.4 Å². The van der Waals surface area contributed by atoms with Gasteiger partial charge < -0.3 is 14.1 Å². The van der Waals surface area contributed by atoms with E-state index in [4.69, 9.17) is 9.15 Å². The Bertz CT molecular complexity index is 1430. The first kappa shape index (κ1) is 21.1. The summed E-state index contributed by atoms with van der Waals surface area (Å²) in [5.41, 5.74) is 5.10. The summed E-state index contributed by atoms with van der Waals surface area (Å²) in [5, 5.41) is 18.2. The van der Waals surface area contributed by atoms with Gasteiger partial charge in [-0.2, -0.15) is 5.10 Å². The summed E-state index contributed by atoms with van der Waals surface area (Å²) in [6, 6.07) is 12.6. The van der Waals surface area contributed by atoms with Gasteiger partial charge >= 0.3 is 0 Å². The Morgan fingerprint density at radius 2 is 1.94 bits per heavy atom. The van der Waals surface area contributed by atoms with E-state index < -0.39 is 0 Å². The predicted molar refractivity (Wildman–Crippen MR) is 132 cm³/mol. The van der Waals surface area contributed by atoms with Crippen LogP contribution in [0.15, 0.2) is 53.2 Å². The van der Waals surface area contributed by atoms with Gasteiger partial charge in [0.05, 0.1) is 23.4 Å². The van der Waals surface area contributed by atoms with Gasteiger partial charge in [-0.3, -0.25) is 5.10 Å². The van der Waals surface area contributed by atoms with Crippen LogP contribution in [0.3, 0.4) is 0 Å². The molecular formula is C27H29N5O2. The van der Waals surface area contributed by atoms with E-state index >= 15 is 0 Å². The number of rotatable bonds is 6. The molecule has 1 aliphatic carbocycles. The first-order valence-electron chi connectivity index (χ1n) is 12.2. The van der Waals surface area contributed by atoms with Crippen molar-refractivity contribution in [3.05, 3.63) is 54.7 Å². The molecule has 0 bridgehead atoms. The second-order valence-corrected chi connectivity index (χ2v) is 9.64. The van der Waals surface area contributed by atoms with E-state index in [2.05, 4.69) is 75.6 Å². The highest BCUT2D eigenvalue weighted by Crippen LogP contribution is 2.36. The quantitative estimate of drug-likeness (QED) is 0.305. The molecule has 0 aliphatic heterocycles. The molecule has 0 spiro atoms. The van der Waals surface area contributed by atoms with Crippen LogP contribution in [0, 0.1) is 11.8 Å². The van der Waals surface area contributed by atoms with Gasteiger partial charge in [0.1, 0.15) is 6.61 Å². The second kappa shape index (κ2) is 8.72. The van der Waals surface area contributed by atoms with Gasteiger partial charge in [0, 0.05) is 22.5 Å². The number of H-pyrrole nitrogens is 2. The van der Waals surface area contributed by atoms with Crippen LogP contribution in [0.4, 0.5) is 0 Å². The lowest BCUT2D eigenvalue weighted by molar-refractivity contribution is -0.0422. The van der Waals surface area contributed by atoms with Crippen molar-refractivity contribution in [2.45, 2.75) is 52.2 Å². The minimum atomic E-state index is 0.259. The molecule has 1 fully saturated rings. The van der Waals surface area contributed by atoms with Crippen LogP contribution in [0.2, 0.25) is 0 Å². The Hall–Kier alpha value is -3.45. The molecule has 7 heteroatoms. The summed E-state index contributed by atoms with van der Waals surface area (Å²) in [6.45, 7) is 4.92. The fraction of sp³-hybridized carbons (Fsp3) is 0.370. The zero-order valence-corrected chi connectivity index (χ0v) is 19.5. The van der Waals surface area contributed by atoms with Crippen molar-refractivity contribution < 1.29 is 9.15 Å². The average Bonchev–Trinajstić information content (AvgIpc) is 3.62. The zero-order valence-electron chi connectivity index (χ0n) is 19.5. The van der Waals surface area contributed by atoms with E-state index in [-0.39, 0.29) is 6.10 Å². The van der Waals surface area contributed by atoms with Crippen molar-refractivity contribution in [3.8, 4) is 22.6 Å². The van der Waals surface area contributed by atoms with E-state index in [0.717, 1.165) is 39.5 Å². The average molecular weight is 456 g/mol. The van der Waals surface area contributed by atoms with Crippen LogP contribution in [0.1, 0.15) is 45.4 Å². The van der Waals surface area contributed by atoms with E-state index in [1.54, 1.807) is 6.20 Å². The maximum Gasteiger partial charge on any atom is 0.248 e. The van der Waals surface area contributed by atoms with Crippen molar-refractivity contribution in [1.29, 1.82) is 0 Å². The molecular weight excluding hydrogens is 426 g/mol. The lowest BCUT2D eigenvalue weighted by atomic mass is 9.79. The lowest BCUT2D eigenvalue weighted by Gasteiger charge is -2.33. The lowest BCUT2D eigenvalue weighted by Crippen LogP contribution is -2.31. The second-order valence-electron chi connectivity index (χ2n) is 9.64. The summed E-state index contributed by atoms with van der Waals surface area (Å²) in [7, 11) is 0. The fourth-order valence-corrected chi connectivity index (χ4v) is 5.41. The third kappa shape index (κ3) is 3.80. The summed E-state index contributed by atoms with van der Waals surface area (Å²) in [6.07, 6.45) is 8.88. The summed E-state index contributed by atoms with van der Waals surface area (Å²) in [5.74, 6) is 2.20. The van der Waals surface area contributed by atoms with Gasteiger partial charge in [0.2, 0.25) is 11.8 Å². The molecule has 3 aromatic heterocycles. The maximum atomic E-state index is 6.28. The first-order valence-corrected chi connectivity index (χ1v) is 12.2. The summed E-state index contributed by atoms with van der Waals surface area (Å²) in [4.78, 5) is 3.29. The molecule has 0 amide bonds. The van der Waals surface area contributed by atoms with Gasteiger partial charge in [-0.1, -0.05) is 38.8 Å². The number of ether oxygens (including phenoxy) is 1. The largest absolute Gasteiger partial charge is 0.418 e. The van der Waals surface area contributed by atoms with Crippen molar-refractivity contribution in [3.63, 3.8) is 0 Å². The standard InChI is InChI=1S/C27H29N5O2/c1-16(2)18-6-3-4-9-25(18)33-15-26-31-32-27(34-26)21-12-17(13-24-22(21)14-29-30-24)19-7-5-8-23-20(19)10-11-28-23/h5,7-8,10-14,16,18,25,28H,3-4,6,9,15H2,1-2H3,(H,29,30)/t18-,25+/m0/s1. The number of aromatic amines is 2. The van der Waals surface area contributed by atoms with E-state index in [1.165, 1.54) is 24.6 Å². The molecule has 2 atom stereocenters. The predicted octanol–water partition coefficient (Wildman–Crippen LogP) is 6.49. The summed E-state index contributed by atoms with van der Waals surface area (Å²) < 4.78 is 12.4. The molecule has 7 nitrogen and oxygen atoms in total. The molecule has 2 aromatic carbocycles. The molecule has 2 N–H and O–H groups in total. The number of hydrogen-bond acceptors (Lipinski definition) is 5. The smallest absolute Gasteiger partial charge is 0.248 e. The highest BCUT2D eigenvalue weighted by atomic mass is 16.5. The first-order chi connectivity index (χ1) is 16.7. The number of benzene rings is 2. The van der Waals surface area contributed by atoms with Gasteiger partial charge in [-0.25, -0.2) is 0 Å². The van der Waals surface area contributed by atoms with E-state index in [0.29, 0.717) is 30.2 Å². The minimum absolute atomic E-state index is 0.259. The molecule has 174 valence electrons. The monoisotopic (exact) mass is 455 g/mol. The van der Waals surface area contributed by atoms with Crippen LogP contribution >= 0.6 is 0 Å². The Morgan fingerprint density at radius 3 is 2.85 bits per heavy atom. The normalized spacial score (nSPS) is 18.9. The number of nitrogens with one attached hydrogen (secondary N) is 2. The zero-order chi connectivity index (χ0) is 23.1.